The van der Waals surface area contributed by atoms with Crippen molar-refractivity contribution < 1.29 is 55.3 Å². The van der Waals surface area contributed by atoms with Gasteiger partial charge >= 0.3 is 24.3 Å². The summed E-state index contributed by atoms with van der Waals surface area (Å²) in [6.45, 7) is 6.96. The Hall–Kier alpha value is -3.11. The first-order chi connectivity index (χ1) is 17.1. The fourth-order valence-electron chi connectivity index (χ4n) is 3.77. The van der Waals surface area contributed by atoms with E-state index in [1.165, 1.54) is 11.1 Å². The number of furan rings is 1. The quantitative estimate of drug-likeness (QED) is 0.560. The minimum atomic E-state index is -5.08. The minimum absolute atomic E-state index is 0.362. The number of rotatable bonds is 4. The first-order valence-electron chi connectivity index (χ1n) is 10.8. The van der Waals surface area contributed by atoms with Crippen LogP contribution in [0.4, 0.5) is 26.3 Å². The monoisotopic (exact) mass is 544 g/mol. The van der Waals surface area contributed by atoms with E-state index in [-0.39, 0.29) is 0 Å². The van der Waals surface area contributed by atoms with Crippen LogP contribution in [0.25, 0.3) is 0 Å². The Morgan fingerprint density at radius 1 is 1.00 bits per heavy atom. The number of halogens is 6. The van der Waals surface area contributed by atoms with Crippen molar-refractivity contribution in [3.8, 4) is 0 Å². The number of hydrogen-bond donors (Lipinski definition) is 2. The molecule has 16 heteroatoms. The van der Waals surface area contributed by atoms with E-state index >= 15 is 0 Å². The molecule has 0 unspecified atom stereocenters. The average Bonchev–Trinajstić information content (AvgIpc) is 3.48. The van der Waals surface area contributed by atoms with E-state index in [9.17, 15) is 26.3 Å². The van der Waals surface area contributed by atoms with Gasteiger partial charge in [-0.2, -0.15) is 31.4 Å². The van der Waals surface area contributed by atoms with Crippen molar-refractivity contribution in [2.45, 2.75) is 31.5 Å². The maximum atomic E-state index is 10.6. The zero-order valence-corrected chi connectivity index (χ0v) is 19.6. The van der Waals surface area contributed by atoms with Crippen LogP contribution in [0.2, 0.25) is 0 Å². The topological polar surface area (TPSA) is 121 Å². The van der Waals surface area contributed by atoms with Crippen molar-refractivity contribution in [2.24, 2.45) is 13.0 Å². The third-order valence-electron chi connectivity index (χ3n) is 5.32. The number of likely N-dealkylation sites (tertiary alicyclic amines) is 1. The molecule has 2 atom stereocenters. The highest BCUT2D eigenvalue weighted by Crippen LogP contribution is 2.25. The van der Waals surface area contributed by atoms with Crippen LogP contribution < -0.4 is 0 Å². The summed E-state index contributed by atoms with van der Waals surface area (Å²) in [4.78, 5) is 22.8. The Bertz CT molecular complexity index is 971. The first-order valence-corrected chi connectivity index (χ1v) is 10.8. The van der Waals surface area contributed by atoms with Gasteiger partial charge in [0.1, 0.15) is 0 Å². The van der Waals surface area contributed by atoms with Crippen molar-refractivity contribution in [3.63, 3.8) is 0 Å². The van der Waals surface area contributed by atoms with Crippen LogP contribution in [0.15, 0.2) is 35.4 Å². The third-order valence-corrected chi connectivity index (χ3v) is 5.32. The highest BCUT2D eigenvalue weighted by Gasteiger charge is 2.39. The molecule has 0 amide bonds. The highest BCUT2D eigenvalue weighted by molar-refractivity contribution is 5.73. The molecule has 208 valence electrons. The lowest BCUT2D eigenvalue weighted by atomic mass is 10.1. The van der Waals surface area contributed by atoms with Gasteiger partial charge in [-0.05, 0) is 6.07 Å². The normalized spacial score (nSPS) is 20.6. The first kappa shape index (κ1) is 30.1. The van der Waals surface area contributed by atoms with E-state index in [1.807, 2.05) is 30.3 Å². The highest BCUT2D eigenvalue weighted by atomic mass is 19.4. The smallest absolute Gasteiger partial charge is 0.475 e. The lowest BCUT2D eigenvalue weighted by Gasteiger charge is -2.22. The van der Waals surface area contributed by atoms with Gasteiger partial charge in [0.2, 0.25) is 0 Å². The van der Waals surface area contributed by atoms with Crippen molar-refractivity contribution >= 4 is 11.9 Å². The zero-order chi connectivity index (χ0) is 27.8. The number of carbonyl (C=O) groups is 2. The molecule has 2 aromatic heterocycles. The van der Waals surface area contributed by atoms with E-state index in [0.29, 0.717) is 12.0 Å². The number of aryl methyl sites for hydroxylation is 1. The molecule has 10 nitrogen and oxygen atoms in total. The number of carboxylic acids is 2. The van der Waals surface area contributed by atoms with Crippen LogP contribution in [-0.2, 0) is 34.5 Å². The predicted molar refractivity (Wildman–Crippen MR) is 113 cm³/mol. The van der Waals surface area contributed by atoms with Crippen LogP contribution in [-0.4, -0.2) is 93.0 Å². The summed E-state index contributed by atoms with van der Waals surface area (Å²) in [5, 5.41) is 18.5. The summed E-state index contributed by atoms with van der Waals surface area (Å²) < 4.78 is 76.6. The number of alkyl halides is 6. The molecular formula is C21H26F6N4O6. The fourth-order valence-corrected chi connectivity index (χ4v) is 3.77. The molecule has 4 heterocycles. The molecule has 0 radical (unpaired) electrons. The van der Waals surface area contributed by atoms with Gasteiger partial charge in [-0.15, -0.1) is 0 Å². The number of aromatic nitrogens is 2. The number of fused-ring (bicyclic) bond motifs is 1. The lowest BCUT2D eigenvalue weighted by molar-refractivity contribution is -0.193. The Labute approximate surface area is 207 Å². The molecule has 0 spiro atoms. The molecule has 37 heavy (non-hydrogen) atoms. The Kier molecular flexibility index (Phi) is 10.5. The van der Waals surface area contributed by atoms with Crippen molar-refractivity contribution in [1.29, 1.82) is 0 Å². The second-order valence-electron chi connectivity index (χ2n) is 8.36. The maximum absolute atomic E-state index is 10.6. The number of carboxylic acid groups (broad SMARTS) is 2. The van der Waals surface area contributed by atoms with Crippen molar-refractivity contribution in [3.05, 3.63) is 42.1 Å². The molecule has 0 aliphatic carbocycles. The molecular weight excluding hydrogens is 518 g/mol. The maximum Gasteiger partial charge on any atom is 0.490 e. The van der Waals surface area contributed by atoms with Gasteiger partial charge < -0.3 is 19.4 Å². The molecule has 2 N–H and O–H groups in total. The fraction of sp³-hybridized carbons (Fsp3) is 0.571. The van der Waals surface area contributed by atoms with Crippen LogP contribution in [0, 0.1) is 5.92 Å². The standard InChI is InChI=1S/C17H24N4O2.2C2HF3O2/c1-19-7-15(6-18-19)9-21-11-16-10-20(3-5-23-17(16)12-21)8-14-2-4-22-13-14;2*3-2(4,5)1(6)7/h2,4,6-7,13,16-17H,3,5,8-12H2,1H3;2*(H,6,7)/t16-,17+;;/m0../s1. The van der Waals surface area contributed by atoms with Crippen LogP contribution in [0.1, 0.15) is 11.1 Å². The largest absolute Gasteiger partial charge is 0.490 e. The molecule has 4 rings (SSSR count). The summed E-state index contributed by atoms with van der Waals surface area (Å²) >= 11 is 0. The SMILES string of the molecule is Cn1cc(CN2C[C@@H]3CN(Cc4ccoc4)CCO[C@@H]3C2)cn1.O=C(O)C(F)(F)F.O=C(O)C(F)(F)F. The summed E-state index contributed by atoms with van der Waals surface area (Å²) in [5.74, 6) is -4.93. The molecule has 2 aliphatic rings. The van der Waals surface area contributed by atoms with Gasteiger partial charge in [-0.1, -0.05) is 0 Å². The summed E-state index contributed by atoms with van der Waals surface area (Å²) in [6, 6.07) is 2.05. The summed E-state index contributed by atoms with van der Waals surface area (Å²) in [6.07, 6.45) is -2.16. The van der Waals surface area contributed by atoms with Gasteiger partial charge in [0, 0.05) is 69.6 Å². The van der Waals surface area contributed by atoms with E-state index < -0.39 is 24.3 Å². The zero-order valence-electron chi connectivity index (χ0n) is 19.6. The summed E-state index contributed by atoms with van der Waals surface area (Å²) in [7, 11) is 1.97. The molecule has 2 fully saturated rings. The van der Waals surface area contributed by atoms with E-state index in [4.69, 9.17) is 29.0 Å². The second kappa shape index (κ2) is 12.9. The summed E-state index contributed by atoms with van der Waals surface area (Å²) in [5.41, 5.74) is 2.52. The molecule has 0 bridgehead atoms. The number of nitrogens with zero attached hydrogens (tertiary/aromatic N) is 4. The average molecular weight is 544 g/mol. The van der Waals surface area contributed by atoms with E-state index in [1.54, 1.807) is 6.26 Å². The molecule has 2 aliphatic heterocycles. The lowest BCUT2D eigenvalue weighted by Crippen LogP contribution is -2.32. The van der Waals surface area contributed by atoms with Gasteiger partial charge in [-0.25, -0.2) is 9.59 Å². The number of aliphatic carboxylic acids is 2. The molecule has 0 aromatic carbocycles. The minimum Gasteiger partial charge on any atom is -0.475 e. The molecule has 2 saturated heterocycles. The van der Waals surface area contributed by atoms with Crippen LogP contribution >= 0.6 is 0 Å². The Balaban J connectivity index is 0.000000286. The van der Waals surface area contributed by atoms with Crippen LogP contribution in [0.3, 0.4) is 0 Å². The van der Waals surface area contributed by atoms with Gasteiger partial charge in [0.15, 0.2) is 0 Å². The third kappa shape index (κ3) is 10.4. The Morgan fingerprint density at radius 2 is 1.57 bits per heavy atom. The Morgan fingerprint density at radius 3 is 2.05 bits per heavy atom. The number of hydrogen-bond acceptors (Lipinski definition) is 7. The molecule has 0 saturated carbocycles. The predicted octanol–water partition coefficient (Wildman–Crippen LogP) is 2.61. The van der Waals surface area contributed by atoms with E-state index in [2.05, 4.69) is 21.1 Å². The van der Waals surface area contributed by atoms with Gasteiger partial charge in [0.25, 0.3) is 0 Å². The second-order valence-corrected chi connectivity index (χ2v) is 8.36. The van der Waals surface area contributed by atoms with Crippen LogP contribution in [0.5, 0.6) is 0 Å². The number of ether oxygens (including phenoxy) is 1. The van der Waals surface area contributed by atoms with E-state index in [0.717, 1.165) is 45.9 Å². The van der Waals surface area contributed by atoms with Crippen molar-refractivity contribution in [1.82, 2.24) is 19.6 Å². The molecule has 2 aromatic rings. The van der Waals surface area contributed by atoms with Crippen molar-refractivity contribution in [2.75, 3.05) is 32.8 Å². The van der Waals surface area contributed by atoms with Gasteiger partial charge in [-0.3, -0.25) is 14.5 Å². The van der Waals surface area contributed by atoms with Gasteiger partial charge in [0.05, 0.1) is 31.4 Å².